The Kier molecular flexibility index (Phi) is 3.78. The van der Waals surface area contributed by atoms with E-state index in [1.165, 1.54) is 12.8 Å². The van der Waals surface area contributed by atoms with Crippen LogP contribution in [0.5, 0.6) is 0 Å². The Labute approximate surface area is 95.7 Å². The molecule has 2 fully saturated rings. The van der Waals surface area contributed by atoms with Crippen LogP contribution in [0.1, 0.15) is 19.3 Å². The minimum Gasteiger partial charge on any atom is -0.383 e. The largest absolute Gasteiger partial charge is 0.383 e. The maximum Gasteiger partial charge on any atom is 0.239 e. The molecule has 2 rings (SSSR count). The smallest absolute Gasteiger partial charge is 0.239 e. The second kappa shape index (κ2) is 5.12. The summed E-state index contributed by atoms with van der Waals surface area (Å²) >= 11 is 0. The molecule has 3 N–H and O–H groups in total. The van der Waals surface area contributed by atoms with Gasteiger partial charge in [-0.25, -0.2) is 0 Å². The Bertz CT molecular complexity index is 256. The zero-order valence-corrected chi connectivity index (χ0v) is 9.65. The van der Waals surface area contributed by atoms with E-state index in [1.807, 2.05) is 0 Å². The van der Waals surface area contributed by atoms with Crippen LogP contribution in [-0.2, 0) is 14.3 Å². The highest BCUT2D eigenvalue weighted by Gasteiger charge is 2.41. The Balaban J connectivity index is 1.81. The SMILES string of the molecule is COCC(N)C(=O)NC1CCOC1C1CC1. The molecule has 0 aromatic carbocycles. The lowest BCUT2D eigenvalue weighted by molar-refractivity contribution is -0.124. The molecule has 1 aliphatic heterocycles. The van der Waals surface area contributed by atoms with Gasteiger partial charge in [-0.3, -0.25) is 4.79 Å². The molecular weight excluding hydrogens is 208 g/mol. The van der Waals surface area contributed by atoms with Crippen molar-refractivity contribution in [3.05, 3.63) is 0 Å². The van der Waals surface area contributed by atoms with E-state index in [2.05, 4.69) is 5.32 Å². The van der Waals surface area contributed by atoms with Crippen molar-refractivity contribution in [1.82, 2.24) is 5.32 Å². The molecule has 0 bridgehead atoms. The van der Waals surface area contributed by atoms with E-state index in [1.54, 1.807) is 7.11 Å². The van der Waals surface area contributed by atoms with E-state index < -0.39 is 6.04 Å². The lowest BCUT2D eigenvalue weighted by atomic mass is 10.1. The van der Waals surface area contributed by atoms with Crippen molar-refractivity contribution in [2.24, 2.45) is 11.7 Å². The van der Waals surface area contributed by atoms with Crippen LogP contribution in [0, 0.1) is 5.92 Å². The van der Waals surface area contributed by atoms with E-state index >= 15 is 0 Å². The van der Waals surface area contributed by atoms with Crippen LogP contribution in [0.4, 0.5) is 0 Å². The number of rotatable bonds is 5. The fourth-order valence-corrected chi connectivity index (χ4v) is 2.20. The summed E-state index contributed by atoms with van der Waals surface area (Å²) in [5.41, 5.74) is 5.67. The van der Waals surface area contributed by atoms with E-state index in [0.717, 1.165) is 13.0 Å². The number of methoxy groups -OCH3 is 1. The third kappa shape index (κ3) is 2.72. The molecule has 16 heavy (non-hydrogen) atoms. The lowest BCUT2D eigenvalue weighted by Gasteiger charge is -2.21. The van der Waals surface area contributed by atoms with Gasteiger partial charge in [0, 0.05) is 13.7 Å². The van der Waals surface area contributed by atoms with Crippen molar-refractivity contribution in [2.75, 3.05) is 20.3 Å². The highest BCUT2D eigenvalue weighted by molar-refractivity contribution is 5.82. The monoisotopic (exact) mass is 228 g/mol. The Morgan fingerprint density at radius 2 is 2.31 bits per heavy atom. The van der Waals surface area contributed by atoms with Crippen LogP contribution in [0.15, 0.2) is 0 Å². The topological polar surface area (TPSA) is 73.6 Å². The normalized spacial score (nSPS) is 31.4. The highest BCUT2D eigenvalue weighted by Crippen LogP contribution is 2.38. The summed E-state index contributed by atoms with van der Waals surface area (Å²) in [6.07, 6.45) is 3.55. The van der Waals surface area contributed by atoms with Gasteiger partial charge in [0.05, 0.1) is 18.8 Å². The summed E-state index contributed by atoms with van der Waals surface area (Å²) < 4.78 is 10.5. The third-order valence-electron chi connectivity index (χ3n) is 3.23. The number of amides is 1. The van der Waals surface area contributed by atoms with Gasteiger partial charge >= 0.3 is 0 Å². The van der Waals surface area contributed by atoms with Crippen molar-refractivity contribution < 1.29 is 14.3 Å². The lowest BCUT2D eigenvalue weighted by Crippen LogP contribution is -2.50. The zero-order valence-electron chi connectivity index (χ0n) is 9.65. The molecule has 5 heteroatoms. The molecule has 0 aromatic heterocycles. The van der Waals surface area contributed by atoms with Crippen molar-refractivity contribution in [1.29, 1.82) is 0 Å². The first-order chi connectivity index (χ1) is 7.72. The summed E-state index contributed by atoms with van der Waals surface area (Å²) in [5.74, 6) is 0.509. The zero-order chi connectivity index (χ0) is 11.5. The van der Waals surface area contributed by atoms with Gasteiger partial charge in [-0.1, -0.05) is 0 Å². The fourth-order valence-electron chi connectivity index (χ4n) is 2.20. The second-order valence-corrected chi connectivity index (χ2v) is 4.64. The summed E-state index contributed by atoms with van der Waals surface area (Å²) in [4.78, 5) is 11.7. The minimum absolute atomic E-state index is 0.136. The molecule has 92 valence electrons. The van der Waals surface area contributed by atoms with Gasteiger partial charge in [-0.2, -0.15) is 0 Å². The molecular formula is C11H20N2O3. The molecule has 0 radical (unpaired) electrons. The average molecular weight is 228 g/mol. The first kappa shape index (κ1) is 11.8. The van der Waals surface area contributed by atoms with Crippen molar-refractivity contribution in [3.63, 3.8) is 0 Å². The summed E-state index contributed by atoms with van der Waals surface area (Å²) in [6, 6.07) is -0.437. The molecule has 1 aliphatic carbocycles. The number of hydrogen-bond acceptors (Lipinski definition) is 4. The number of carbonyl (C=O) groups excluding carboxylic acids is 1. The van der Waals surface area contributed by atoms with Gasteiger partial charge < -0.3 is 20.5 Å². The van der Waals surface area contributed by atoms with E-state index in [9.17, 15) is 4.79 Å². The number of carbonyl (C=O) groups is 1. The van der Waals surface area contributed by atoms with Crippen LogP contribution in [-0.4, -0.2) is 44.4 Å². The van der Waals surface area contributed by atoms with E-state index in [-0.39, 0.29) is 24.7 Å². The van der Waals surface area contributed by atoms with Gasteiger partial charge in [0.15, 0.2) is 0 Å². The molecule has 1 saturated carbocycles. The molecule has 1 saturated heterocycles. The molecule has 0 aromatic rings. The predicted octanol–water partition coefficient (Wildman–Crippen LogP) is -0.356. The second-order valence-electron chi connectivity index (χ2n) is 4.64. The molecule has 1 amide bonds. The Hall–Kier alpha value is -0.650. The van der Waals surface area contributed by atoms with E-state index in [0.29, 0.717) is 5.92 Å². The fraction of sp³-hybridized carbons (Fsp3) is 0.909. The van der Waals surface area contributed by atoms with Crippen molar-refractivity contribution in [2.45, 2.75) is 37.5 Å². The summed E-state index contributed by atoms with van der Waals surface area (Å²) in [6.45, 7) is 0.999. The quantitative estimate of drug-likeness (QED) is 0.674. The number of hydrogen-bond donors (Lipinski definition) is 2. The van der Waals surface area contributed by atoms with Crippen LogP contribution in [0.2, 0.25) is 0 Å². The van der Waals surface area contributed by atoms with Gasteiger partial charge in [0.25, 0.3) is 0 Å². The summed E-state index contributed by atoms with van der Waals surface area (Å²) in [7, 11) is 1.54. The molecule has 2 aliphatic rings. The first-order valence-electron chi connectivity index (χ1n) is 5.89. The van der Waals surface area contributed by atoms with Gasteiger partial charge in [0.2, 0.25) is 5.91 Å². The van der Waals surface area contributed by atoms with Gasteiger partial charge in [-0.05, 0) is 25.2 Å². The summed E-state index contributed by atoms with van der Waals surface area (Å²) in [5, 5.41) is 2.97. The number of nitrogens with two attached hydrogens (primary N) is 1. The van der Waals surface area contributed by atoms with E-state index in [4.69, 9.17) is 15.2 Å². The van der Waals surface area contributed by atoms with Crippen molar-refractivity contribution >= 4 is 5.91 Å². The molecule has 5 nitrogen and oxygen atoms in total. The first-order valence-corrected chi connectivity index (χ1v) is 5.89. The van der Waals surface area contributed by atoms with Crippen LogP contribution < -0.4 is 11.1 Å². The maximum absolute atomic E-state index is 11.7. The Morgan fingerprint density at radius 1 is 1.56 bits per heavy atom. The Morgan fingerprint density at radius 3 is 2.94 bits per heavy atom. The van der Waals surface area contributed by atoms with Crippen LogP contribution in [0.25, 0.3) is 0 Å². The standard InChI is InChI=1S/C11H20N2O3/c1-15-6-8(12)11(14)13-9-4-5-16-10(9)7-2-3-7/h7-10H,2-6,12H2,1H3,(H,13,14). The highest BCUT2D eigenvalue weighted by atomic mass is 16.5. The predicted molar refractivity (Wildman–Crippen MR) is 58.9 cm³/mol. The molecule has 0 spiro atoms. The maximum atomic E-state index is 11.7. The van der Waals surface area contributed by atoms with Crippen molar-refractivity contribution in [3.8, 4) is 0 Å². The molecule has 1 heterocycles. The van der Waals surface area contributed by atoms with Gasteiger partial charge in [-0.15, -0.1) is 0 Å². The van der Waals surface area contributed by atoms with Crippen LogP contribution >= 0.6 is 0 Å². The average Bonchev–Trinajstić information content (AvgIpc) is 3.00. The number of ether oxygens (including phenoxy) is 2. The molecule has 3 unspecified atom stereocenters. The minimum atomic E-state index is -0.578. The van der Waals surface area contributed by atoms with Gasteiger partial charge in [0.1, 0.15) is 6.04 Å². The number of nitrogens with one attached hydrogen (secondary N) is 1. The van der Waals surface area contributed by atoms with Crippen LogP contribution in [0.3, 0.4) is 0 Å². The molecule has 3 atom stereocenters. The third-order valence-corrected chi connectivity index (χ3v) is 3.23.